The third-order valence-electron chi connectivity index (χ3n) is 4.89. The first-order chi connectivity index (χ1) is 14.4. The second kappa shape index (κ2) is 10.4. The maximum absolute atomic E-state index is 12.6. The van der Waals surface area contributed by atoms with Gasteiger partial charge in [0.05, 0.1) is 22.8 Å². The predicted molar refractivity (Wildman–Crippen MR) is 120 cm³/mol. The molecule has 0 bridgehead atoms. The molecule has 1 fully saturated rings. The van der Waals surface area contributed by atoms with Crippen LogP contribution in [0.4, 0.5) is 11.5 Å². The molecule has 0 saturated carbocycles. The van der Waals surface area contributed by atoms with E-state index in [9.17, 15) is 9.59 Å². The van der Waals surface area contributed by atoms with Crippen LogP contribution in [0.2, 0.25) is 5.02 Å². The first-order valence-corrected chi connectivity index (χ1v) is 10.6. The van der Waals surface area contributed by atoms with Crippen LogP contribution in [0.15, 0.2) is 42.6 Å². The van der Waals surface area contributed by atoms with Crippen LogP contribution in [-0.4, -0.2) is 61.0 Å². The Hall–Kier alpha value is -2.64. The fourth-order valence-corrected chi connectivity index (χ4v) is 3.38. The van der Waals surface area contributed by atoms with E-state index < -0.39 is 0 Å². The van der Waals surface area contributed by atoms with Crippen molar-refractivity contribution in [1.29, 1.82) is 0 Å². The largest absolute Gasteiger partial charge is 0.354 e. The molecule has 1 aliphatic heterocycles. The summed E-state index contributed by atoms with van der Waals surface area (Å²) in [6.45, 7) is 8.04. The second-order valence-electron chi connectivity index (χ2n) is 7.80. The zero-order chi connectivity index (χ0) is 21.5. The van der Waals surface area contributed by atoms with Crippen molar-refractivity contribution in [2.45, 2.75) is 13.8 Å². The molecule has 1 saturated heterocycles. The summed E-state index contributed by atoms with van der Waals surface area (Å²) in [7, 11) is 0. The van der Waals surface area contributed by atoms with Gasteiger partial charge in [-0.3, -0.25) is 14.5 Å². The fourth-order valence-electron chi connectivity index (χ4n) is 3.27. The Bertz CT molecular complexity index is 864. The molecule has 30 heavy (non-hydrogen) atoms. The van der Waals surface area contributed by atoms with Crippen molar-refractivity contribution in [3.05, 3.63) is 53.2 Å². The van der Waals surface area contributed by atoms with E-state index in [1.165, 1.54) is 0 Å². The first kappa shape index (κ1) is 22.1. The van der Waals surface area contributed by atoms with Gasteiger partial charge in [-0.05, 0) is 30.2 Å². The highest BCUT2D eigenvalue weighted by molar-refractivity contribution is 6.30. The zero-order valence-corrected chi connectivity index (χ0v) is 18.2. The topological polar surface area (TPSA) is 77.6 Å². The number of anilines is 2. The quantitative estimate of drug-likeness (QED) is 0.707. The minimum Gasteiger partial charge on any atom is -0.354 e. The Morgan fingerprint density at radius 2 is 1.83 bits per heavy atom. The standard InChI is InChI=1S/C22H28ClN5O2/c1-16(2)13-25-22(30)18-5-3-4-6-19(18)26-21(29)15-27-9-11-28(12-10-27)20-8-7-17(23)14-24-20/h3-8,14,16H,9-13,15H2,1-2H3,(H,25,30)(H,26,29). The molecule has 0 aliphatic carbocycles. The van der Waals surface area contributed by atoms with E-state index in [2.05, 4.69) is 25.4 Å². The number of nitrogens with zero attached hydrogens (tertiary/aromatic N) is 3. The van der Waals surface area contributed by atoms with Crippen molar-refractivity contribution in [1.82, 2.24) is 15.2 Å². The zero-order valence-electron chi connectivity index (χ0n) is 17.4. The summed E-state index contributed by atoms with van der Waals surface area (Å²) in [5.74, 6) is 0.947. The number of aromatic nitrogens is 1. The molecule has 8 heteroatoms. The van der Waals surface area contributed by atoms with Gasteiger partial charge in [0, 0.05) is 38.9 Å². The Labute approximate surface area is 182 Å². The lowest BCUT2D eigenvalue weighted by Gasteiger charge is -2.35. The monoisotopic (exact) mass is 429 g/mol. The van der Waals surface area contributed by atoms with Crippen LogP contribution < -0.4 is 15.5 Å². The highest BCUT2D eigenvalue weighted by Gasteiger charge is 2.21. The van der Waals surface area contributed by atoms with E-state index in [0.29, 0.717) is 28.7 Å². The summed E-state index contributed by atoms with van der Waals surface area (Å²) in [5, 5.41) is 6.41. The first-order valence-electron chi connectivity index (χ1n) is 10.2. The third kappa shape index (κ3) is 6.18. The van der Waals surface area contributed by atoms with Gasteiger partial charge in [-0.2, -0.15) is 0 Å². The number of piperazine rings is 1. The van der Waals surface area contributed by atoms with Crippen molar-refractivity contribution < 1.29 is 9.59 Å². The van der Waals surface area contributed by atoms with E-state index in [4.69, 9.17) is 11.6 Å². The van der Waals surface area contributed by atoms with Crippen molar-refractivity contribution in [3.8, 4) is 0 Å². The molecule has 2 amide bonds. The number of rotatable bonds is 7. The average Bonchev–Trinajstić information content (AvgIpc) is 2.73. The summed E-state index contributed by atoms with van der Waals surface area (Å²) in [6, 6.07) is 10.8. The van der Waals surface area contributed by atoms with E-state index in [0.717, 1.165) is 32.0 Å². The maximum atomic E-state index is 12.6. The number of amides is 2. The Morgan fingerprint density at radius 3 is 2.50 bits per heavy atom. The summed E-state index contributed by atoms with van der Waals surface area (Å²) in [6.07, 6.45) is 1.64. The van der Waals surface area contributed by atoms with Crippen molar-refractivity contribution in [3.63, 3.8) is 0 Å². The molecule has 2 aromatic rings. The molecule has 0 radical (unpaired) electrons. The molecule has 3 rings (SSSR count). The number of hydrogen-bond acceptors (Lipinski definition) is 5. The van der Waals surface area contributed by atoms with Crippen LogP contribution in [-0.2, 0) is 4.79 Å². The molecular weight excluding hydrogens is 402 g/mol. The van der Waals surface area contributed by atoms with Crippen LogP contribution >= 0.6 is 11.6 Å². The molecule has 0 unspecified atom stereocenters. The third-order valence-corrected chi connectivity index (χ3v) is 5.12. The molecule has 1 aliphatic rings. The summed E-state index contributed by atoms with van der Waals surface area (Å²) in [4.78, 5) is 33.7. The van der Waals surface area contributed by atoms with E-state index in [-0.39, 0.29) is 18.4 Å². The average molecular weight is 430 g/mol. The Balaban J connectivity index is 1.52. The summed E-state index contributed by atoms with van der Waals surface area (Å²) < 4.78 is 0. The molecule has 2 N–H and O–H groups in total. The van der Waals surface area contributed by atoms with Gasteiger partial charge in [0.2, 0.25) is 5.91 Å². The molecule has 1 aromatic heterocycles. The smallest absolute Gasteiger partial charge is 0.253 e. The Kier molecular flexibility index (Phi) is 7.65. The van der Waals surface area contributed by atoms with Crippen LogP contribution in [0.1, 0.15) is 24.2 Å². The Morgan fingerprint density at radius 1 is 1.10 bits per heavy atom. The van der Waals surface area contributed by atoms with Gasteiger partial charge in [-0.25, -0.2) is 4.98 Å². The lowest BCUT2D eigenvalue weighted by molar-refractivity contribution is -0.117. The number of halogens is 1. The van der Waals surface area contributed by atoms with Crippen molar-refractivity contribution in [2.24, 2.45) is 5.92 Å². The fraction of sp³-hybridized carbons (Fsp3) is 0.409. The molecule has 2 heterocycles. The number of carbonyl (C=O) groups excluding carboxylic acids is 2. The minimum atomic E-state index is -0.177. The normalized spacial score (nSPS) is 14.6. The second-order valence-corrected chi connectivity index (χ2v) is 8.23. The number of pyridine rings is 1. The van der Waals surface area contributed by atoms with Gasteiger partial charge < -0.3 is 15.5 Å². The molecule has 160 valence electrons. The van der Waals surface area contributed by atoms with Crippen LogP contribution in [0.3, 0.4) is 0 Å². The van der Waals surface area contributed by atoms with Gasteiger partial charge in [-0.15, -0.1) is 0 Å². The molecule has 0 atom stereocenters. The van der Waals surface area contributed by atoms with Crippen molar-refractivity contribution >= 4 is 34.9 Å². The van der Waals surface area contributed by atoms with Crippen molar-refractivity contribution in [2.75, 3.05) is 49.5 Å². The minimum absolute atomic E-state index is 0.128. The number of hydrogen-bond donors (Lipinski definition) is 2. The highest BCUT2D eigenvalue weighted by Crippen LogP contribution is 2.17. The highest BCUT2D eigenvalue weighted by atomic mass is 35.5. The number of para-hydroxylation sites is 1. The maximum Gasteiger partial charge on any atom is 0.253 e. The van der Waals surface area contributed by atoms with E-state index in [1.54, 1.807) is 24.4 Å². The van der Waals surface area contributed by atoms with Crippen LogP contribution in [0.25, 0.3) is 0 Å². The van der Waals surface area contributed by atoms with Gasteiger partial charge in [-0.1, -0.05) is 37.6 Å². The van der Waals surface area contributed by atoms with Gasteiger partial charge in [0.1, 0.15) is 5.82 Å². The molecule has 1 aromatic carbocycles. The molecular formula is C22H28ClN5O2. The van der Waals surface area contributed by atoms with Gasteiger partial charge >= 0.3 is 0 Å². The lowest BCUT2D eigenvalue weighted by Crippen LogP contribution is -2.49. The van der Waals surface area contributed by atoms with Gasteiger partial charge in [0.25, 0.3) is 5.91 Å². The predicted octanol–water partition coefficient (Wildman–Crippen LogP) is 2.88. The van der Waals surface area contributed by atoms with Crippen LogP contribution in [0, 0.1) is 5.92 Å². The van der Waals surface area contributed by atoms with Gasteiger partial charge in [0.15, 0.2) is 0 Å². The molecule has 0 spiro atoms. The number of nitrogens with one attached hydrogen (secondary N) is 2. The summed E-state index contributed by atoms with van der Waals surface area (Å²) >= 11 is 5.90. The summed E-state index contributed by atoms with van der Waals surface area (Å²) in [5.41, 5.74) is 1.01. The van der Waals surface area contributed by atoms with E-state index >= 15 is 0 Å². The lowest BCUT2D eigenvalue weighted by atomic mass is 10.1. The SMILES string of the molecule is CC(C)CNC(=O)c1ccccc1NC(=O)CN1CCN(c2ccc(Cl)cn2)CC1. The van der Waals surface area contributed by atoms with E-state index in [1.807, 2.05) is 32.0 Å². The number of carbonyl (C=O) groups is 2. The van der Waals surface area contributed by atoms with Crippen LogP contribution in [0.5, 0.6) is 0 Å². The number of benzene rings is 1. The molecule has 7 nitrogen and oxygen atoms in total.